The minimum atomic E-state index is -0.730. The summed E-state index contributed by atoms with van der Waals surface area (Å²) in [5, 5.41) is 4.30. The van der Waals surface area contributed by atoms with Crippen LogP contribution in [-0.2, 0) is 13.1 Å². The van der Waals surface area contributed by atoms with Crippen LogP contribution in [0.4, 0.5) is 10.1 Å². The fourth-order valence-corrected chi connectivity index (χ4v) is 3.40. The van der Waals surface area contributed by atoms with Gasteiger partial charge >= 0.3 is 0 Å². The van der Waals surface area contributed by atoms with E-state index in [0.717, 1.165) is 11.3 Å². The van der Waals surface area contributed by atoms with Crippen LogP contribution in [-0.4, -0.2) is 21.6 Å². The smallest absolute Gasteiger partial charge is 0.261 e. The monoisotopic (exact) mass is 364 g/mol. The second kappa shape index (κ2) is 6.35. The molecule has 2 aromatic carbocycles. The Morgan fingerprint density at radius 2 is 1.81 bits per heavy atom. The van der Waals surface area contributed by atoms with Crippen LogP contribution >= 0.6 is 0 Å². The predicted molar refractivity (Wildman–Crippen MR) is 97.9 cm³/mol. The molecule has 0 saturated heterocycles. The lowest BCUT2D eigenvalue weighted by Gasteiger charge is -2.23. The van der Waals surface area contributed by atoms with Gasteiger partial charge in [0.05, 0.1) is 24.3 Å². The summed E-state index contributed by atoms with van der Waals surface area (Å²) >= 11 is 0. The van der Waals surface area contributed by atoms with Crippen molar-refractivity contribution in [1.29, 1.82) is 0 Å². The molecule has 0 spiro atoms. The molecule has 136 valence electrons. The summed E-state index contributed by atoms with van der Waals surface area (Å²) in [6.07, 6.45) is 1.68. The van der Waals surface area contributed by atoms with Gasteiger partial charge < -0.3 is 10.6 Å². The van der Waals surface area contributed by atoms with E-state index in [0.29, 0.717) is 12.2 Å². The number of benzene rings is 2. The SMILES string of the molecule is Cc1c(C(N)=O)ccc(C(=O)N2Cc3ccnn3Cc3ccccc32)c1F. The molecule has 2 amide bonds. The average molecular weight is 364 g/mol. The number of para-hydroxylation sites is 1. The second-order valence-corrected chi connectivity index (χ2v) is 6.46. The lowest BCUT2D eigenvalue weighted by Crippen LogP contribution is -2.31. The fraction of sp³-hybridized carbons (Fsp3) is 0.150. The normalized spacial score (nSPS) is 12.9. The molecule has 0 aliphatic carbocycles. The summed E-state index contributed by atoms with van der Waals surface area (Å²) in [6.45, 7) is 2.24. The van der Waals surface area contributed by atoms with Crippen molar-refractivity contribution >= 4 is 17.5 Å². The molecule has 1 aliphatic rings. The summed E-state index contributed by atoms with van der Waals surface area (Å²) in [5.74, 6) is -1.94. The van der Waals surface area contributed by atoms with Gasteiger partial charge in [-0.2, -0.15) is 5.10 Å². The van der Waals surface area contributed by atoms with Gasteiger partial charge in [0, 0.05) is 17.4 Å². The van der Waals surface area contributed by atoms with Crippen LogP contribution in [0.25, 0.3) is 0 Å². The Balaban J connectivity index is 1.82. The number of nitrogens with two attached hydrogens (primary N) is 1. The maximum Gasteiger partial charge on any atom is 0.261 e. The molecule has 0 radical (unpaired) electrons. The van der Waals surface area contributed by atoms with Gasteiger partial charge in [0.15, 0.2) is 0 Å². The van der Waals surface area contributed by atoms with E-state index in [2.05, 4.69) is 5.10 Å². The van der Waals surface area contributed by atoms with E-state index >= 15 is 0 Å². The van der Waals surface area contributed by atoms with E-state index < -0.39 is 17.6 Å². The van der Waals surface area contributed by atoms with E-state index in [4.69, 9.17) is 5.73 Å². The maximum atomic E-state index is 14.9. The number of primary amides is 1. The van der Waals surface area contributed by atoms with Crippen molar-refractivity contribution in [1.82, 2.24) is 9.78 Å². The van der Waals surface area contributed by atoms with Gasteiger partial charge in [-0.3, -0.25) is 14.3 Å². The first kappa shape index (κ1) is 17.0. The molecule has 2 heterocycles. The van der Waals surface area contributed by atoms with Crippen molar-refractivity contribution in [2.45, 2.75) is 20.0 Å². The number of carbonyl (C=O) groups is 2. The molecule has 3 aromatic rings. The highest BCUT2D eigenvalue weighted by Crippen LogP contribution is 2.29. The van der Waals surface area contributed by atoms with E-state index in [1.807, 2.05) is 35.0 Å². The third kappa shape index (κ3) is 2.77. The number of amides is 2. The highest BCUT2D eigenvalue weighted by Gasteiger charge is 2.28. The predicted octanol–water partition coefficient (Wildman–Crippen LogP) is 2.64. The third-order valence-corrected chi connectivity index (χ3v) is 4.85. The molecular formula is C20H17FN4O2. The Bertz CT molecular complexity index is 1070. The van der Waals surface area contributed by atoms with Gasteiger partial charge in [-0.05, 0) is 42.3 Å². The van der Waals surface area contributed by atoms with E-state index in [1.54, 1.807) is 6.20 Å². The number of halogens is 1. The van der Waals surface area contributed by atoms with E-state index in [-0.39, 0.29) is 23.2 Å². The molecule has 0 atom stereocenters. The zero-order chi connectivity index (χ0) is 19.1. The van der Waals surface area contributed by atoms with Crippen molar-refractivity contribution in [3.63, 3.8) is 0 Å². The fourth-order valence-electron chi connectivity index (χ4n) is 3.40. The van der Waals surface area contributed by atoms with Crippen LogP contribution in [0.15, 0.2) is 48.7 Å². The number of hydrogen-bond acceptors (Lipinski definition) is 3. The number of rotatable bonds is 2. The zero-order valence-electron chi connectivity index (χ0n) is 14.6. The quantitative estimate of drug-likeness (QED) is 0.759. The molecule has 27 heavy (non-hydrogen) atoms. The van der Waals surface area contributed by atoms with Crippen molar-refractivity contribution in [2.24, 2.45) is 5.73 Å². The molecule has 6 nitrogen and oxygen atoms in total. The van der Waals surface area contributed by atoms with Gasteiger partial charge in [-0.1, -0.05) is 18.2 Å². The Morgan fingerprint density at radius 3 is 2.59 bits per heavy atom. The molecule has 7 heteroatoms. The molecule has 2 N–H and O–H groups in total. The number of aromatic nitrogens is 2. The Kier molecular flexibility index (Phi) is 3.99. The van der Waals surface area contributed by atoms with E-state index in [9.17, 15) is 14.0 Å². The van der Waals surface area contributed by atoms with Gasteiger partial charge in [0.25, 0.3) is 5.91 Å². The van der Waals surface area contributed by atoms with Crippen LogP contribution in [0, 0.1) is 12.7 Å². The molecule has 0 unspecified atom stereocenters. The highest BCUT2D eigenvalue weighted by molar-refractivity contribution is 6.07. The van der Waals surface area contributed by atoms with Crippen LogP contribution < -0.4 is 10.6 Å². The van der Waals surface area contributed by atoms with Crippen molar-refractivity contribution in [3.05, 3.63) is 82.4 Å². The molecule has 1 aliphatic heterocycles. The molecular weight excluding hydrogens is 347 g/mol. The number of fused-ring (bicyclic) bond motifs is 2. The minimum absolute atomic E-state index is 0.0680. The van der Waals surface area contributed by atoms with Gasteiger partial charge in [-0.25, -0.2) is 4.39 Å². The largest absolute Gasteiger partial charge is 0.366 e. The average Bonchev–Trinajstić information content (AvgIpc) is 3.02. The number of anilines is 1. The van der Waals surface area contributed by atoms with Crippen molar-refractivity contribution in [2.75, 3.05) is 4.90 Å². The minimum Gasteiger partial charge on any atom is -0.366 e. The Morgan fingerprint density at radius 1 is 1.07 bits per heavy atom. The molecule has 0 bridgehead atoms. The Labute approximate surface area is 155 Å². The van der Waals surface area contributed by atoms with E-state index in [1.165, 1.54) is 24.0 Å². The molecule has 0 saturated carbocycles. The number of hydrogen-bond donors (Lipinski definition) is 1. The maximum absolute atomic E-state index is 14.9. The molecule has 1 aromatic heterocycles. The summed E-state index contributed by atoms with van der Waals surface area (Å²) in [4.78, 5) is 26.2. The van der Waals surface area contributed by atoms with Crippen molar-refractivity contribution in [3.8, 4) is 0 Å². The summed E-state index contributed by atoms with van der Waals surface area (Å²) < 4.78 is 16.7. The lowest BCUT2D eigenvalue weighted by atomic mass is 10.0. The summed E-state index contributed by atoms with van der Waals surface area (Å²) in [6, 6.07) is 12.0. The first-order valence-corrected chi connectivity index (χ1v) is 8.46. The second-order valence-electron chi connectivity index (χ2n) is 6.46. The van der Waals surface area contributed by atoms with Crippen LogP contribution in [0.5, 0.6) is 0 Å². The Hall–Kier alpha value is -3.48. The first-order chi connectivity index (χ1) is 13.0. The van der Waals surface area contributed by atoms with Crippen molar-refractivity contribution < 1.29 is 14.0 Å². The standard InChI is InChI=1S/C20H17FN4O2/c1-12-15(19(22)26)6-7-16(18(12)21)20(27)24-11-14-8-9-23-25(14)10-13-4-2-3-5-17(13)24/h2-9H,10-11H2,1H3,(H2,22,26). The lowest BCUT2D eigenvalue weighted by molar-refractivity contribution is 0.0974. The van der Waals surface area contributed by atoms with Crippen LogP contribution in [0.3, 0.4) is 0 Å². The molecule has 0 fully saturated rings. The van der Waals surface area contributed by atoms with Crippen LogP contribution in [0.2, 0.25) is 0 Å². The number of nitrogens with zero attached hydrogens (tertiary/aromatic N) is 3. The third-order valence-electron chi connectivity index (χ3n) is 4.85. The zero-order valence-corrected chi connectivity index (χ0v) is 14.6. The number of carbonyl (C=O) groups excluding carboxylic acids is 2. The van der Waals surface area contributed by atoms with Gasteiger partial charge in [-0.15, -0.1) is 0 Å². The van der Waals surface area contributed by atoms with Crippen LogP contribution in [0.1, 0.15) is 37.5 Å². The highest BCUT2D eigenvalue weighted by atomic mass is 19.1. The summed E-state index contributed by atoms with van der Waals surface area (Å²) in [7, 11) is 0. The molecule has 4 rings (SSSR count). The summed E-state index contributed by atoms with van der Waals surface area (Å²) in [5.41, 5.74) is 7.79. The van der Waals surface area contributed by atoms with Gasteiger partial charge in [0.2, 0.25) is 5.91 Å². The van der Waals surface area contributed by atoms with Gasteiger partial charge in [0.1, 0.15) is 5.82 Å². The topological polar surface area (TPSA) is 81.2 Å². The first-order valence-electron chi connectivity index (χ1n) is 8.46.